The van der Waals surface area contributed by atoms with E-state index in [2.05, 4.69) is 19.2 Å². The number of carbonyl (C=O) groups is 2. The van der Waals surface area contributed by atoms with Crippen LogP contribution in [0, 0.1) is 5.92 Å². The van der Waals surface area contributed by atoms with Crippen molar-refractivity contribution in [2.24, 2.45) is 5.92 Å². The van der Waals surface area contributed by atoms with Crippen LogP contribution < -0.4 is 5.32 Å². The first-order valence-electron chi connectivity index (χ1n) is 8.91. The van der Waals surface area contributed by atoms with Crippen LogP contribution in [0.3, 0.4) is 0 Å². The number of hydrogen-bond acceptors (Lipinski definition) is 4. The fourth-order valence-corrected chi connectivity index (χ4v) is 2.97. The molecule has 2 amide bonds. The van der Waals surface area contributed by atoms with Gasteiger partial charge < -0.3 is 20.0 Å². The Bertz CT molecular complexity index is 566. The van der Waals surface area contributed by atoms with Crippen molar-refractivity contribution in [3.05, 3.63) is 30.3 Å². The number of amides is 2. The lowest BCUT2D eigenvalue weighted by Gasteiger charge is -2.37. The highest BCUT2D eigenvalue weighted by molar-refractivity contribution is 5.85. The highest BCUT2D eigenvalue weighted by atomic mass is 16.2. The SMILES string of the molecule is CC(C)[C@H](Nc1ccccc1)C(=O)N1CCN(C(=O)CN(C)C)CC1. The lowest BCUT2D eigenvalue weighted by Crippen LogP contribution is -2.55. The van der Waals surface area contributed by atoms with Crippen molar-refractivity contribution < 1.29 is 9.59 Å². The van der Waals surface area contributed by atoms with Crippen LogP contribution in [0.5, 0.6) is 0 Å². The Hall–Kier alpha value is -2.08. The summed E-state index contributed by atoms with van der Waals surface area (Å²) in [5, 5.41) is 3.36. The third kappa shape index (κ3) is 5.46. The summed E-state index contributed by atoms with van der Waals surface area (Å²) < 4.78 is 0. The second kappa shape index (κ2) is 8.85. The quantitative estimate of drug-likeness (QED) is 0.845. The topological polar surface area (TPSA) is 55.9 Å². The first-order chi connectivity index (χ1) is 11.9. The van der Waals surface area contributed by atoms with Gasteiger partial charge in [-0.2, -0.15) is 0 Å². The van der Waals surface area contributed by atoms with Crippen LogP contribution in [0.15, 0.2) is 30.3 Å². The van der Waals surface area contributed by atoms with Crippen molar-refractivity contribution in [1.29, 1.82) is 0 Å². The van der Waals surface area contributed by atoms with Crippen LogP contribution in [0.25, 0.3) is 0 Å². The van der Waals surface area contributed by atoms with Crippen LogP contribution in [-0.4, -0.2) is 79.4 Å². The zero-order chi connectivity index (χ0) is 18.4. The lowest BCUT2D eigenvalue weighted by atomic mass is 10.0. The zero-order valence-electron chi connectivity index (χ0n) is 15.7. The predicted octanol–water partition coefficient (Wildman–Crippen LogP) is 1.36. The van der Waals surface area contributed by atoms with Crippen LogP contribution in [0.4, 0.5) is 5.69 Å². The lowest BCUT2D eigenvalue weighted by molar-refractivity contribution is -0.140. The minimum atomic E-state index is -0.258. The summed E-state index contributed by atoms with van der Waals surface area (Å²) >= 11 is 0. The monoisotopic (exact) mass is 346 g/mol. The van der Waals surface area contributed by atoms with Gasteiger partial charge in [0.1, 0.15) is 6.04 Å². The Balaban J connectivity index is 1.94. The van der Waals surface area contributed by atoms with Crippen LogP contribution in [0.2, 0.25) is 0 Å². The van der Waals surface area contributed by atoms with E-state index in [0.29, 0.717) is 32.7 Å². The van der Waals surface area contributed by atoms with Crippen molar-refractivity contribution in [2.45, 2.75) is 19.9 Å². The third-order valence-corrected chi connectivity index (χ3v) is 4.42. The third-order valence-electron chi connectivity index (χ3n) is 4.42. The van der Waals surface area contributed by atoms with E-state index >= 15 is 0 Å². The first-order valence-corrected chi connectivity index (χ1v) is 8.91. The standard InChI is InChI=1S/C19H30N4O2/c1-15(2)18(20-16-8-6-5-7-9-16)19(25)23-12-10-22(11-13-23)17(24)14-21(3)4/h5-9,15,18,20H,10-14H2,1-4H3/t18-/m0/s1. The highest BCUT2D eigenvalue weighted by Gasteiger charge is 2.30. The molecule has 6 nitrogen and oxygen atoms in total. The number of piperazine rings is 1. The average molecular weight is 346 g/mol. The van der Waals surface area contributed by atoms with E-state index in [4.69, 9.17) is 0 Å². The van der Waals surface area contributed by atoms with Gasteiger partial charge in [-0.1, -0.05) is 32.0 Å². The Morgan fingerprint density at radius 2 is 1.60 bits per heavy atom. The summed E-state index contributed by atoms with van der Waals surface area (Å²) in [6.07, 6.45) is 0. The number of nitrogens with one attached hydrogen (secondary N) is 1. The molecule has 1 N–H and O–H groups in total. The smallest absolute Gasteiger partial charge is 0.245 e. The van der Waals surface area contributed by atoms with Gasteiger partial charge in [-0.15, -0.1) is 0 Å². The van der Waals surface area contributed by atoms with Crippen molar-refractivity contribution in [2.75, 3.05) is 52.1 Å². The van der Waals surface area contributed by atoms with Gasteiger partial charge in [0.2, 0.25) is 11.8 Å². The van der Waals surface area contributed by atoms with E-state index in [1.54, 1.807) is 0 Å². The summed E-state index contributed by atoms with van der Waals surface area (Å²) in [6.45, 7) is 6.92. The molecule has 1 atom stereocenters. The number of anilines is 1. The summed E-state index contributed by atoms with van der Waals surface area (Å²) in [7, 11) is 3.78. The summed E-state index contributed by atoms with van der Waals surface area (Å²) in [4.78, 5) is 30.7. The van der Waals surface area contributed by atoms with Crippen molar-refractivity contribution in [3.8, 4) is 0 Å². The molecule has 0 spiro atoms. The molecule has 1 heterocycles. The zero-order valence-corrected chi connectivity index (χ0v) is 15.7. The molecule has 0 aliphatic carbocycles. The fourth-order valence-electron chi connectivity index (χ4n) is 2.97. The molecule has 1 fully saturated rings. The van der Waals surface area contributed by atoms with Crippen molar-refractivity contribution in [3.63, 3.8) is 0 Å². The molecule has 0 unspecified atom stereocenters. The molecular formula is C19H30N4O2. The maximum Gasteiger partial charge on any atom is 0.245 e. The molecule has 0 radical (unpaired) electrons. The number of nitrogens with zero attached hydrogens (tertiary/aromatic N) is 3. The van der Waals surface area contributed by atoms with Gasteiger partial charge in [-0.05, 0) is 32.1 Å². The van der Waals surface area contributed by atoms with E-state index < -0.39 is 0 Å². The molecule has 138 valence electrons. The molecule has 1 aliphatic rings. The molecule has 1 aliphatic heterocycles. The van der Waals surface area contributed by atoms with Gasteiger partial charge in [0.05, 0.1) is 6.54 Å². The van der Waals surface area contributed by atoms with Crippen LogP contribution in [0.1, 0.15) is 13.8 Å². The summed E-state index contributed by atoms with van der Waals surface area (Å²) in [6, 6.07) is 9.56. The Labute approximate surface area is 150 Å². The van der Waals surface area contributed by atoms with E-state index in [-0.39, 0.29) is 23.8 Å². The van der Waals surface area contributed by atoms with E-state index in [1.807, 2.05) is 59.1 Å². The number of rotatable bonds is 6. The number of hydrogen-bond donors (Lipinski definition) is 1. The van der Waals surface area contributed by atoms with Gasteiger partial charge in [-0.3, -0.25) is 9.59 Å². The van der Waals surface area contributed by atoms with Crippen molar-refractivity contribution in [1.82, 2.24) is 14.7 Å². The second-order valence-electron chi connectivity index (χ2n) is 7.18. The van der Waals surface area contributed by atoms with Gasteiger partial charge in [0.15, 0.2) is 0 Å². The average Bonchev–Trinajstić information content (AvgIpc) is 2.59. The highest BCUT2D eigenvalue weighted by Crippen LogP contribution is 2.16. The molecule has 0 saturated carbocycles. The minimum absolute atomic E-state index is 0.110. The normalized spacial score (nSPS) is 16.2. The van der Waals surface area contributed by atoms with Gasteiger partial charge in [-0.25, -0.2) is 0 Å². The molecule has 1 aromatic rings. The van der Waals surface area contributed by atoms with Crippen LogP contribution >= 0.6 is 0 Å². The second-order valence-corrected chi connectivity index (χ2v) is 7.18. The Kier molecular flexibility index (Phi) is 6.82. The maximum absolute atomic E-state index is 13.0. The molecular weight excluding hydrogens is 316 g/mol. The maximum atomic E-state index is 13.0. The van der Waals surface area contributed by atoms with Gasteiger partial charge in [0, 0.05) is 31.9 Å². The number of benzene rings is 1. The molecule has 0 bridgehead atoms. The largest absolute Gasteiger partial charge is 0.373 e. The number of para-hydroxylation sites is 1. The van der Waals surface area contributed by atoms with Gasteiger partial charge >= 0.3 is 0 Å². The molecule has 6 heteroatoms. The van der Waals surface area contributed by atoms with Crippen molar-refractivity contribution >= 4 is 17.5 Å². The van der Waals surface area contributed by atoms with E-state index in [9.17, 15) is 9.59 Å². The Morgan fingerprint density at radius 3 is 2.12 bits per heavy atom. The molecule has 2 rings (SSSR count). The molecule has 25 heavy (non-hydrogen) atoms. The Morgan fingerprint density at radius 1 is 1.04 bits per heavy atom. The molecule has 0 aromatic heterocycles. The molecule has 1 saturated heterocycles. The molecule has 1 aromatic carbocycles. The van der Waals surface area contributed by atoms with E-state index in [0.717, 1.165) is 5.69 Å². The van der Waals surface area contributed by atoms with E-state index in [1.165, 1.54) is 0 Å². The summed E-state index contributed by atoms with van der Waals surface area (Å²) in [5.41, 5.74) is 0.953. The van der Waals surface area contributed by atoms with Crippen LogP contribution in [-0.2, 0) is 9.59 Å². The summed E-state index contributed by atoms with van der Waals surface area (Å²) in [5.74, 6) is 0.416. The fraction of sp³-hybridized carbons (Fsp3) is 0.579. The van der Waals surface area contributed by atoms with Gasteiger partial charge in [0.25, 0.3) is 0 Å². The number of carbonyl (C=O) groups excluding carboxylic acids is 2. The number of likely N-dealkylation sites (N-methyl/N-ethyl adjacent to an activating group) is 1. The minimum Gasteiger partial charge on any atom is -0.373 e. The first kappa shape index (κ1) is 19.2. The predicted molar refractivity (Wildman–Crippen MR) is 100 cm³/mol.